The Morgan fingerprint density at radius 3 is 3.00 bits per heavy atom. The minimum atomic E-state index is 0.787. The van der Waals surface area contributed by atoms with Crippen LogP contribution >= 0.6 is 27.7 Å². The minimum Gasteiger partial charge on any atom is -0.235 e. The SMILES string of the molecule is CSc1ncc2c(Br)c(C)cn2n1. The highest BCUT2D eigenvalue weighted by molar-refractivity contribution is 9.10. The normalized spacial score (nSPS) is 11.0. The quantitative estimate of drug-likeness (QED) is 0.736. The van der Waals surface area contributed by atoms with Crippen LogP contribution in [0.15, 0.2) is 22.0 Å². The Morgan fingerprint density at radius 2 is 2.31 bits per heavy atom. The molecule has 13 heavy (non-hydrogen) atoms. The van der Waals surface area contributed by atoms with Crippen LogP contribution in [0.25, 0.3) is 5.52 Å². The Labute approximate surface area is 88.7 Å². The molecule has 3 nitrogen and oxygen atoms in total. The molecule has 2 aromatic rings. The highest BCUT2D eigenvalue weighted by Gasteiger charge is 2.05. The number of halogens is 1. The number of rotatable bonds is 1. The summed E-state index contributed by atoms with van der Waals surface area (Å²) in [6.45, 7) is 2.04. The van der Waals surface area contributed by atoms with Gasteiger partial charge in [-0.25, -0.2) is 9.50 Å². The number of aryl methyl sites for hydroxylation is 1. The maximum absolute atomic E-state index is 4.31. The van der Waals surface area contributed by atoms with Gasteiger partial charge < -0.3 is 0 Å². The lowest BCUT2D eigenvalue weighted by Gasteiger charge is -1.95. The predicted octanol–water partition coefficient (Wildman–Crippen LogP) is 2.52. The first-order valence-corrected chi connectivity index (χ1v) is 5.78. The molecule has 68 valence electrons. The van der Waals surface area contributed by atoms with E-state index in [1.165, 1.54) is 5.56 Å². The molecule has 0 aliphatic heterocycles. The van der Waals surface area contributed by atoms with Crippen molar-refractivity contribution < 1.29 is 0 Å². The third-order valence-corrected chi connectivity index (χ3v) is 3.39. The standard InChI is InChI=1S/C8H8BrN3S/c1-5-4-12-6(7(5)9)3-10-8(11-12)13-2/h3-4H,1-2H3. The van der Waals surface area contributed by atoms with Crippen LogP contribution in [0.4, 0.5) is 0 Å². The zero-order valence-corrected chi connectivity index (χ0v) is 9.69. The molecule has 0 amide bonds. The molecule has 0 aliphatic carbocycles. The van der Waals surface area contributed by atoms with E-state index in [0.29, 0.717) is 0 Å². The summed E-state index contributed by atoms with van der Waals surface area (Å²) < 4.78 is 2.92. The first kappa shape index (κ1) is 9.02. The summed E-state index contributed by atoms with van der Waals surface area (Å²) in [6.07, 6.45) is 5.78. The Morgan fingerprint density at radius 1 is 1.54 bits per heavy atom. The molecule has 2 rings (SSSR count). The van der Waals surface area contributed by atoms with Gasteiger partial charge in [-0.2, -0.15) is 0 Å². The summed E-state index contributed by atoms with van der Waals surface area (Å²) in [4.78, 5) is 4.20. The summed E-state index contributed by atoms with van der Waals surface area (Å²) in [5.74, 6) is 0. The Hall–Kier alpha value is -0.550. The van der Waals surface area contributed by atoms with Crippen molar-refractivity contribution in [2.45, 2.75) is 12.1 Å². The van der Waals surface area contributed by atoms with Gasteiger partial charge in [0, 0.05) is 10.7 Å². The lowest BCUT2D eigenvalue weighted by atomic mass is 10.4. The average Bonchev–Trinajstić information content (AvgIpc) is 2.42. The van der Waals surface area contributed by atoms with Crippen molar-refractivity contribution in [3.8, 4) is 0 Å². The number of hydrogen-bond acceptors (Lipinski definition) is 3. The van der Waals surface area contributed by atoms with E-state index in [0.717, 1.165) is 15.1 Å². The zero-order valence-electron chi connectivity index (χ0n) is 7.28. The van der Waals surface area contributed by atoms with E-state index in [4.69, 9.17) is 0 Å². The highest BCUT2D eigenvalue weighted by atomic mass is 79.9. The molecule has 0 atom stereocenters. The largest absolute Gasteiger partial charge is 0.235 e. The smallest absolute Gasteiger partial charge is 0.207 e. The van der Waals surface area contributed by atoms with E-state index >= 15 is 0 Å². The number of thioether (sulfide) groups is 1. The van der Waals surface area contributed by atoms with Gasteiger partial charge in [0.25, 0.3) is 0 Å². The van der Waals surface area contributed by atoms with Crippen LogP contribution in [-0.2, 0) is 0 Å². The van der Waals surface area contributed by atoms with Gasteiger partial charge in [0.15, 0.2) is 0 Å². The van der Waals surface area contributed by atoms with E-state index in [9.17, 15) is 0 Å². The summed E-state index contributed by atoms with van der Waals surface area (Å²) in [5.41, 5.74) is 2.18. The minimum absolute atomic E-state index is 0.787. The van der Waals surface area contributed by atoms with Gasteiger partial charge >= 0.3 is 0 Å². The molecule has 0 N–H and O–H groups in total. The van der Waals surface area contributed by atoms with Gasteiger partial charge in [-0.3, -0.25) is 0 Å². The third kappa shape index (κ3) is 1.46. The molecule has 0 fully saturated rings. The Kier molecular flexibility index (Phi) is 2.29. The number of fused-ring (bicyclic) bond motifs is 1. The molecule has 0 saturated heterocycles. The molecule has 0 aromatic carbocycles. The van der Waals surface area contributed by atoms with Crippen molar-refractivity contribution in [2.75, 3.05) is 6.26 Å². The summed E-state index contributed by atoms with van der Waals surface area (Å²) in [6, 6.07) is 0. The molecule has 0 spiro atoms. The Bertz CT molecular complexity index is 452. The molecule has 0 radical (unpaired) electrons. The lowest BCUT2D eigenvalue weighted by molar-refractivity contribution is 0.797. The first-order chi connectivity index (χ1) is 6.22. The lowest BCUT2D eigenvalue weighted by Crippen LogP contribution is -1.93. The topological polar surface area (TPSA) is 30.2 Å². The number of aromatic nitrogens is 3. The van der Waals surface area contributed by atoms with Crippen LogP contribution < -0.4 is 0 Å². The van der Waals surface area contributed by atoms with Crippen molar-refractivity contribution in [2.24, 2.45) is 0 Å². The van der Waals surface area contributed by atoms with Crippen molar-refractivity contribution in [1.82, 2.24) is 14.6 Å². The van der Waals surface area contributed by atoms with Crippen LogP contribution in [-0.4, -0.2) is 20.9 Å². The van der Waals surface area contributed by atoms with Gasteiger partial charge in [0.2, 0.25) is 5.16 Å². The summed E-state index contributed by atoms with van der Waals surface area (Å²) in [5, 5.41) is 5.10. The van der Waals surface area contributed by atoms with Crippen LogP contribution in [0.3, 0.4) is 0 Å². The second kappa shape index (κ2) is 3.31. The molecule has 0 bridgehead atoms. The van der Waals surface area contributed by atoms with Gasteiger partial charge in [0.05, 0.1) is 11.7 Å². The first-order valence-electron chi connectivity index (χ1n) is 3.77. The number of hydrogen-bond donors (Lipinski definition) is 0. The average molecular weight is 258 g/mol. The van der Waals surface area contributed by atoms with Crippen molar-refractivity contribution >= 4 is 33.2 Å². The highest BCUT2D eigenvalue weighted by Crippen LogP contribution is 2.23. The van der Waals surface area contributed by atoms with E-state index in [2.05, 4.69) is 26.0 Å². The van der Waals surface area contributed by atoms with Crippen LogP contribution in [0.1, 0.15) is 5.56 Å². The summed E-state index contributed by atoms with van der Waals surface area (Å²) >= 11 is 5.03. The fourth-order valence-electron chi connectivity index (χ4n) is 1.14. The number of nitrogens with zero attached hydrogens (tertiary/aromatic N) is 3. The van der Waals surface area contributed by atoms with Crippen LogP contribution in [0.2, 0.25) is 0 Å². The molecule has 0 unspecified atom stereocenters. The predicted molar refractivity (Wildman–Crippen MR) is 57.2 cm³/mol. The monoisotopic (exact) mass is 257 g/mol. The zero-order chi connectivity index (χ0) is 9.42. The second-order valence-electron chi connectivity index (χ2n) is 2.70. The summed E-state index contributed by atoms with van der Waals surface area (Å²) in [7, 11) is 0. The molecule has 0 saturated carbocycles. The molecule has 5 heteroatoms. The fraction of sp³-hybridized carbons (Fsp3) is 0.250. The fourth-order valence-corrected chi connectivity index (χ4v) is 1.85. The van der Waals surface area contributed by atoms with Gasteiger partial charge in [0.1, 0.15) is 0 Å². The Balaban J connectivity index is 2.73. The van der Waals surface area contributed by atoms with Crippen LogP contribution in [0.5, 0.6) is 0 Å². The maximum Gasteiger partial charge on any atom is 0.207 e. The van der Waals surface area contributed by atoms with E-state index < -0.39 is 0 Å². The van der Waals surface area contributed by atoms with E-state index in [1.807, 2.05) is 30.1 Å². The third-order valence-electron chi connectivity index (χ3n) is 1.81. The molecule has 2 heterocycles. The maximum atomic E-state index is 4.31. The van der Waals surface area contributed by atoms with Crippen molar-refractivity contribution in [3.05, 3.63) is 22.4 Å². The van der Waals surface area contributed by atoms with E-state index in [1.54, 1.807) is 11.8 Å². The molecule has 0 aliphatic rings. The van der Waals surface area contributed by atoms with Gasteiger partial charge in [-0.15, -0.1) is 5.10 Å². The van der Waals surface area contributed by atoms with Crippen molar-refractivity contribution in [3.63, 3.8) is 0 Å². The molecule has 2 aromatic heterocycles. The molecular weight excluding hydrogens is 250 g/mol. The van der Waals surface area contributed by atoms with Gasteiger partial charge in [-0.1, -0.05) is 11.8 Å². The molecular formula is C8H8BrN3S. The van der Waals surface area contributed by atoms with Crippen LogP contribution in [0, 0.1) is 6.92 Å². The van der Waals surface area contributed by atoms with Crippen molar-refractivity contribution in [1.29, 1.82) is 0 Å². The van der Waals surface area contributed by atoms with E-state index in [-0.39, 0.29) is 0 Å². The second-order valence-corrected chi connectivity index (χ2v) is 4.27. The van der Waals surface area contributed by atoms with Gasteiger partial charge in [-0.05, 0) is 34.7 Å².